The quantitative estimate of drug-likeness (QED) is 0.00625. The lowest BCUT2D eigenvalue weighted by Gasteiger charge is -2.26. The van der Waals surface area contributed by atoms with Crippen LogP contribution in [0.4, 0.5) is 11.8 Å². The summed E-state index contributed by atoms with van der Waals surface area (Å²) in [6, 6.07) is 26.9. The number of nitrogens with zero attached hydrogens (tertiary/aromatic N) is 8. The maximum absolute atomic E-state index is 14.0. The first-order valence-corrected chi connectivity index (χ1v) is 47.1. The second-order valence-electron chi connectivity index (χ2n) is 23.0. The van der Waals surface area contributed by atoms with Crippen LogP contribution in [0.5, 0.6) is 23.0 Å². The van der Waals surface area contributed by atoms with Gasteiger partial charge in [0, 0.05) is 96.0 Å². The smallest absolute Gasteiger partial charge is 0.459 e. The van der Waals surface area contributed by atoms with Gasteiger partial charge in [0.15, 0.2) is 11.5 Å². The first kappa shape index (κ1) is 113. The number of hydrogen-bond donors (Lipinski definition) is 5. The van der Waals surface area contributed by atoms with E-state index in [1.807, 2.05) is 53.7 Å². The van der Waals surface area contributed by atoms with Crippen LogP contribution >= 0.6 is 93.3 Å². The largest absolute Gasteiger partial charge is 0.508 e. The van der Waals surface area contributed by atoms with Crippen LogP contribution in [0, 0.1) is 0 Å². The number of benzene rings is 4. The number of carbonyl (C=O) groups excluding carboxylic acids is 8. The van der Waals surface area contributed by atoms with Gasteiger partial charge in [-0.2, -0.15) is 29.1 Å². The maximum atomic E-state index is 14.0. The topological polar surface area (TPSA) is 489 Å². The summed E-state index contributed by atoms with van der Waals surface area (Å²) >= 11 is 30.5. The molecule has 3 heterocycles. The number of aromatic nitrogens is 4. The van der Waals surface area contributed by atoms with E-state index in [0.29, 0.717) is 78.1 Å². The van der Waals surface area contributed by atoms with Gasteiger partial charge in [0.25, 0.3) is 0 Å². The number of phenolic OH excluding ortho intramolecular Hbond substituents is 1. The zero-order valence-corrected chi connectivity index (χ0v) is 74.1. The van der Waals surface area contributed by atoms with Crippen molar-refractivity contribution < 1.29 is 108 Å². The van der Waals surface area contributed by atoms with Gasteiger partial charge in [0.1, 0.15) is 34.7 Å². The zero-order chi connectivity index (χ0) is 87.8. The number of imidazole rings is 1. The maximum Gasteiger partial charge on any atom is 0.459 e. The average molecular weight is 1830 g/mol. The number of rotatable bonds is 34. The summed E-state index contributed by atoms with van der Waals surface area (Å²) in [5.74, 6) is 0.0638. The van der Waals surface area contributed by atoms with Crippen LogP contribution in [0.25, 0.3) is 21.6 Å². The summed E-state index contributed by atoms with van der Waals surface area (Å²) in [5, 5.41) is 15.7. The zero-order valence-electron chi connectivity index (χ0n) is 65.9. The Bertz CT molecular complexity index is 4150. The number of anilines is 2. The molecular weight excluding hydrogens is 1730 g/mol. The number of aromatic hydroxyl groups is 1. The van der Waals surface area contributed by atoms with Gasteiger partial charge in [-0.25, -0.2) is 28.9 Å². The van der Waals surface area contributed by atoms with Crippen LogP contribution in [0.2, 0.25) is 0 Å². The Labute approximate surface area is 705 Å². The lowest BCUT2D eigenvalue weighted by molar-refractivity contribution is -0.193. The molecule has 0 saturated carbocycles. The van der Waals surface area contributed by atoms with Crippen molar-refractivity contribution in [3.8, 4) is 23.0 Å². The molecule has 0 amide bonds. The van der Waals surface area contributed by atoms with Crippen molar-refractivity contribution in [3.63, 3.8) is 0 Å². The summed E-state index contributed by atoms with van der Waals surface area (Å²) in [4.78, 5) is 94.9. The van der Waals surface area contributed by atoms with Gasteiger partial charge in [-0.15, -0.1) is 0 Å². The molecule has 1 aliphatic rings. The lowest BCUT2D eigenvalue weighted by Crippen LogP contribution is -2.30. The number of phenols is 1. The average Bonchev–Trinajstić information content (AvgIpc) is 1.63. The van der Waals surface area contributed by atoms with E-state index in [1.165, 1.54) is 54.4 Å². The number of ether oxygens (including phenoxy) is 6. The van der Waals surface area contributed by atoms with Crippen LogP contribution in [0.15, 0.2) is 109 Å². The predicted molar refractivity (Wildman–Crippen MR) is 446 cm³/mol. The van der Waals surface area contributed by atoms with Crippen LogP contribution < -0.4 is 35.2 Å². The molecule has 1 fully saturated rings. The highest BCUT2D eigenvalue weighted by atomic mass is 36.0. The number of hydrogen-bond acceptors (Lipinski definition) is 30. The number of aryl methyl sites for hydroxylation is 4. The van der Waals surface area contributed by atoms with Crippen molar-refractivity contribution in [2.75, 3.05) is 79.4 Å². The molecule has 3 unspecified atom stereocenters. The highest BCUT2D eigenvalue weighted by Crippen LogP contribution is 2.61. The van der Waals surface area contributed by atoms with Crippen LogP contribution in [0.3, 0.4) is 0 Å². The first-order valence-electron chi connectivity index (χ1n) is 35.2. The molecule has 0 bridgehead atoms. The molecule has 116 heavy (non-hydrogen) atoms. The number of azide groups is 1. The minimum atomic E-state index is -3.98. The van der Waals surface area contributed by atoms with Gasteiger partial charge < -0.3 is 63.5 Å². The van der Waals surface area contributed by atoms with Crippen molar-refractivity contribution in [3.05, 3.63) is 136 Å². The minimum absolute atomic E-state index is 0. The molecule has 6 aromatic rings. The van der Waals surface area contributed by atoms with Gasteiger partial charge in [-0.3, -0.25) is 32.8 Å². The molecular formula is C71H106Cl6N12O23P4. The Kier molecular flexibility index (Phi) is 61.9. The third-order valence-corrected chi connectivity index (χ3v) is 19.4. The molecule has 35 nitrogen and oxygen atoms in total. The number of esters is 4. The molecule has 1 aliphatic heterocycles. The Hall–Kier alpha value is -7.40. The molecule has 45 heteroatoms. The minimum Gasteiger partial charge on any atom is -0.508 e. The molecule has 650 valence electrons. The second-order valence-corrected chi connectivity index (χ2v) is 38.3. The number of nitrogens with two attached hydrogens (primary N) is 2. The van der Waals surface area contributed by atoms with E-state index in [2.05, 4.69) is 109 Å². The van der Waals surface area contributed by atoms with Crippen molar-refractivity contribution >= 4 is 152 Å². The highest BCUT2D eigenvalue weighted by molar-refractivity contribution is 8.24. The summed E-state index contributed by atoms with van der Waals surface area (Å²) in [6.07, 6.45) is 1.10. The number of para-hydroxylation sites is 4. The van der Waals surface area contributed by atoms with Crippen LogP contribution in [0.1, 0.15) is 143 Å². The van der Waals surface area contributed by atoms with Gasteiger partial charge in [0.2, 0.25) is 5.95 Å². The number of methoxy groups -OCH3 is 4. The molecule has 2 aromatic heterocycles. The second kappa shape index (κ2) is 63.7. The first-order chi connectivity index (χ1) is 54.3. The normalized spacial score (nSPS) is 14.4. The summed E-state index contributed by atoms with van der Waals surface area (Å²) in [5.41, 5.74) is 24.5. The number of fused-ring (bicyclic) bond motifs is 1. The van der Waals surface area contributed by atoms with Crippen molar-refractivity contribution in [2.24, 2.45) is 5.11 Å². The van der Waals surface area contributed by atoms with Crippen LogP contribution in [-0.2, 0) is 115 Å². The SMILES string of the molecule is C.CCN(CC)CC.CCOCC.CC[C@H](C)NP(=O)(Cl)Oc1ccccc1CCC(=O)OC.CC[C@H](C)NP(=O)(OC[C@H]1O[C@@H](n2cnc3c(N)nc(N)nc32)CC1N=[N+]=[N-])Oc1ccccc1CCC(=O)OC.COC(=O)CCc1ccccc1O.COC(=O)CCc1ccccc1OP(=O)(Cl)Cl.O=C=O.O=C=O.O=P(Cl)(Cl)Cl. The Morgan fingerprint density at radius 3 is 1.37 bits per heavy atom. The third-order valence-electron chi connectivity index (χ3n) is 15.2. The lowest BCUT2D eigenvalue weighted by atomic mass is 10.1. The van der Waals surface area contributed by atoms with Crippen molar-refractivity contribution in [2.45, 2.75) is 171 Å². The fourth-order valence-corrected chi connectivity index (χ4v) is 13.6. The Balaban J connectivity index is -0.00000143. The fraction of sp³-hybridized carbons (Fsp3) is 0.507. The molecule has 0 spiro atoms. The molecule has 7 N–H and O–H groups in total. The number of nitrogens with one attached hydrogen (secondary N) is 2. The molecule has 7 rings (SSSR count). The number of nitrogen functional groups attached to an aromatic ring is 2. The van der Waals surface area contributed by atoms with Crippen LogP contribution in [-0.4, -0.2) is 158 Å². The molecule has 0 aliphatic carbocycles. The van der Waals surface area contributed by atoms with E-state index in [0.717, 1.165) is 30.8 Å². The highest BCUT2D eigenvalue weighted by Gasteiger charge is 2.40. The Morgan fingerprint density at radius 2 is 1.01 bits per heavy atom. The van der Waals surface area contributed by atoms with E-state index < -0.39 is 44.3 Å². The fourth-order valence-electron chi connectivity index (χ4n) is 9.12. The molecule has 0 radical (unpaired) electrons. The van der Waals surface area contributed by atoms with E-state index in [4.69, 9.17) is 96.7 Å². The van der Waals surface area contributed by atoms with Crippen molar-refractivity contribution in [1.29, 1.82) is 0 Å². The van der Waals surface area contributed by atoms with E-state index >= 15 is 0 Å². The molecule has 4 aromatic carbocycles. The molecule has 1 saturated heterocycles. The monoisotopic (exact) mass is 1830 g/mol. The Morgan fingerprint density at radius 1 is 0.629 bits per heavy atom. The number of carbonyl (C=O) groups is 4. The molecule has 7 atom stereocenters. The van der Waals surface area contributed by atoms with Gasteiger partial charge in [-0.1, -0.05) is 120 Å². The van der Waals surface area contributed by atoms with Gasteiger partial charge >= 0.3 is 62.1 Å². The summed E-state index contributed by atoms with van der Waals surface area (Å²) < 4.78 is 100. The van der Waals surface area contributed by atoms with E-state index in [1.54, 1.807) is 89.5 Å². The van der Waals surface area contributed by atoms with Crippen molar-refractivity contribution in [1.82, 2.24) is 34.6 Å². The third kappa shape index (κ3) is 51.7. The van der Waals surface area contributed by atoms with Gasteiger partial charge in [-0.05, 0) is 172 Å². The summed E-state index contributed by atoms with van der Waals surface area (Å²) in [7, 11) is 1.35. The van der Waals surface area contributed by atoms with E-state index in [-0.39, 0.29) is 105 Å². The summed E-state index contributed by atoms with van der Waals surface area (Å²) in [6.45, 7) is 19.7. The standard InChI is InChI=1S/C24H33N10O6P.C14H21ClNO4P.C10H11Cl2O4P.C10H12O3.C6H15N.C4H10O.2CO2.CH4.Cl3OP/c1-4-14(2)32-41(36,40-17-8-6-5-7-15(17)9-10-20(35)37-3)38-12-18-16(31-33-27)11-19(39-18)34-13-28-21-22(25)29-24(26)30-23(21)34;1-4-11(2)16-21(15,18)20-13-8-6-5-7-12(13)9-10-14(17)19-3;1-15-10(13)7-6-8-4-2-3-5-9(8)16-17(11,12)14;1-13-10(12)7-6-8-4-2-3-5-9(8)11;1-4-7(5-2)6-3;1-3-5-4-2;2*2-1-3;;1-5(2,3)4/h5-8,13-14,16,18-19H,4,9-12H2,1-3H3,(H,32,36)(H4,25,26,29,30);5-8,11H,4,9-10H2,1-3H3,(H,16,18);2-5H,6-7H2,1H3;2-5,11H,6-7H2,1H3;4-6H2,1-3H3;3-4H2,1-2H3;;;1H4;/t14-,16?,18+,19+,41?;11-,21?;;;;;;;;/m00......../s1. The number of halogens is 6. The predicted octanol–water partition coefficient (Wildman–Crippen LogP) is 17.5. The van der Waals surface area contributed by atoms with E-state index in [9.17, 15) is 48.1 Å². The van der Waals surface area contributed by atoms with Gasteiger partial charge in [0.05, 0.1) is 53.5 Å².